The average Bonchev–Trinajstić information content (AvgIpc) is 2.63. The standard InChI is InChI=1S/C20H21N3O/c1-22-9-11-23(12-10-22)17-8-7-16-13-19(15-5-3-2-4-6-15)21-20(24)18(16)14-17/h2-8,13-14H,9-12H2,1H3,(H,21,24). The van der Waals surface area contributed by atoms with E-state index in [1.165, 1.54) is 0 Å². The van der Waals surface area contributed by atoms with Crippen LogP contribution in [0.15, 0.2) is 59.4 Å². The van der Waals surface area contributed by atoms with Gasteiger partial charge in [-0.3, -0.25) is 4.79 Å². The molecule has 2 aromatic carbocycles. The van der Waals surface area contributed by atoms with Gasteiger partial charge in [-0.05, 0) is 36.2 Å². The van der Waals surface area contributed by atoms with Crippen LogP contribution in [-0.4, -0.2) is 43.1 Å². The Morgan fingerprint density at radius 3 is 2.42 bits per heavy atom. The van der Waals surface area contributed by atoms with E-state index in [0.29, 0.717) is 0 Å². The van der Waals surface area contributed by atoms with Gasteiger partial charge in [-0.25, -0.2) is 0 Å². The van der Waals surface area contributed by atoms with Crippen molar-refractivity contribution in [1.29, 1.82) is 0 Å². The van der Waals surface area contributed by atoms with Gasteiger partial charge in [0, 0.05) is 42.9 Å². The Bertz CT molecular complexity index is 909. The van der Waals surface area contributed by atoms with Crippen LogP contribution >= 0.6 is 0 Å². The molecule has 0 saturated carbocycles. The molecule has 1 aliphatic rings. The van der Waals surface area contributed by atoms with E-state index in [4.69, 9.17) is 0 Å². The van der Waals surface area contributed by atoms with Crippen molar-refractivity contribution in [3.8, 4) is 11.3 Å². The quantitative estimate of drug-likeness (QED) is 0.789. The highest BCUT2D eigenvalue weighted by Crippen LogP contribution is 2.24. The van der Waals surface area contributed by atoms with Gasteiger partial charge in [0.2, 0.25) is 0 Å². The van der Waals surface area contributed by atoms with Crippen molar-refractivity contribution in [2.75, 3.05) is 38.1 Å². The van der Waals surface area contributed by atoms with Crippen molar-refractivity contribution in [2.24, 2.45) is 0 Å². The second kappa shape index (κ2) is 6.13. The van der Waals surface area contributed by atoms with Crippen LogP contribution in [0, 0.1) is 0 Å². The van der Waals surface area contributed by atoms with Crippen LogP contribution in [0.5, 0.6) is 0 Å². The first-order chi connectivity index (χ1) is 11.7. The van der Waals surface area contributed by atoms with Gasteiger partial charge in [0.1, 0.15) is 0 Å². The molecular weight excluding hydrogens is 298 g/mol. The molecule has 1 saturated heterocycles. The first kappa shape index (κ1) is 15.0. The maximum Gasteiger partial charge on any atom is 0.256 e. The summed E-state index contributed by atoms with van der Waals surface area (Å²) in [7, 11) is 2.15. The van der Waals surface area contributed by atoms with Gasteiger partial charge in [-0.1, -0.05) is 36.4 Å². The number of nitrogens with one attached hydrogen (secondary N) is 1. The number of hydrogen-bond donors (Lipinski definition) is 1. The molecule has 0 unspecified atom stereocenters. The lowest BCUT2D eigenvalue weighted by atomic mass is 10.1. The predicted octanol–water partition coefficient (Wildman–Crippen LogP) is 2.95. The van der Waals surface area contributed by atoms with Crippen molar-refractivity contribution in [2.45, 2.75) is 0 Å². The van der Waals surface area contributed by atoms with Gasteiger partial charge >= 0.3 is 0 Å². The number of anilines is 1. The minimum atomic E-state index is -0.0256. The monoisotopic (exact) mass is 319 g/mol. The smallest absolute Gasteiger partial charge is 0.256 e. The van der Waals surface area contributed by atoms with Crippen LogP contribution in [0.1, 0.15) is 0 Å². The zero-order valence-electron chi connectivity index (χ0n) is 13.8. The fraction of sp³-hybridized carbons (Fsp3) is 0.250. The summed E-state index contributed by atoms with van der Waals surface area (Å²) in [5, 5.41) is 1.74. The fourth-order valence-corrected chi connectivity index (χ4v) is 3.28. The number of likely N-dealkylation sites (N-methyl/N-ethyl adjacent to an activating group) is 1. The van der Waals surface area contributed by atoms with Crippen molar-refractivity contribution >= 4 is 16.5 Å². The van der Waals surface area contributed by atoms with E-state index in [1.54, 1.807) is 0 Å². The lowest BCUT2D eigenvalue weighted by Gasteiger charge is -2.34. The first-order valence-electron chi connectivity index (χ1n) is 8.37. The molecular formula is C20H21N3O. The van der Waals surface area contributed by atoms with Crippen LogP contribution < -0.4 is 10.5 Å². The molecule has 4 heteroatoms. The van der Waals surface area contributed by atoms with Gasteiger partial charge in [0.15, 0.2) is 0 Å². The van der Waals surface area contributed by atoms with Crippen molar-refractivity contribution in [3.05, 3.63) is 65.0 Å². The molecule has 0 radical (unpaired) electrons. The SMILES string of the molecule is CN1CCN(c2ccc3cc(-c4ccccc4)[nH]c(=O)c3c2)CC1. The van der Waals surface area contributed by atoms with Crippen LogP contribution in [0.3, 0.4) is 0 Å². The van der Waals surface area contributed by atoms with Crippen molar-refractivity contribution in [3.63, 3.8) is 0 Å². The van der Waals surface area contributed by atoms with Gasteiger partial charge in [-0.15, -0.1) is 0 Å². The first-order valence-corrected chi connectivity index (χ1v) is 8.37. The van der Waals surface area contributed by atoms with E-state index >= 15 is 0 Å². The Kier molecular flexibility index (Phi) is 3.82. The second-order valence-electron chi connectivity index (χ2n) is 6.44. The molecule has 0 amide bonds. The zero-order chi connectivity index (χ0) is 16.5. The molecule has 0 aliphatic carbocycles. The second-order valence-corrected chi connectivity index (χ2v) is 6.44. The van der Waals surface area contributed by atoms with Gasteiger partial charge in [-0.2, -0.15) is 0 Å². The lowest BCUT2D eigenvalue weighted by molar-refractivity contribution is 0.313. The van der Waals surface area contributed by atoms with Crippen molar-refractivity contribution in [1.82, 2.24) is 9.88 Å². The number of H-pyrrole nitrogens is 1. The van der Waals surface area contributed by atoms with Crippen LogP contribution in [0.4, 0.5) is 5.69 Å². The average molecular weight is 319 g/mol. The minimum Gasteiger partial charge on any atom is -0.369 e. The third kappa shape index (κ3) is 2.81. The summed E-state index contributed by atoms with van der Waals surface area (Å²) in [4.78, 5) is 20.3. The van der Waals surface area contributed by atoms with Gasteiger partial charge in [0.05, 0.1) is 0 Å². The molecule has 0 atom stereocenters. The molecule has 2 heterocycles. The normalized spacial score (nSPS) is 15.8. The molecule has 4 rings (SSSR count). The van der Waals surface area contributed by atoms with E-state index < -0.39 is 0 Å². The molecule has 1 aromatic heterocycles. The summed E-state index contributed by atoms with van der Waals surface area (Å²) in [6.07, 6.45) is 0. The van der Waals surface area contributed by atoms with Gasteiger partial charge < -0.3 is 14.8 Å². The Morgan fingerprint density at radius 2 is 1.67 bits per heavy atom. The number of rotatable bonds is 2. The number of fused-ring (bicyclic) bond motifs is 1. The Morgan fingerprint density at radius 1 is 0.917 bits per heavy atom. The number of nitrogens with zero attached hydrogens (tertiary/aromatic N) is 2. The number of aromatic amines is 1. The third-order valence-corrected chi connectivity index (χ3v) is 4.78. The number of pyridine rings is 1. The van der Waals surface area contributed by atoms with E-state index in [1.807, 2.05) is 36.4 Å². The Hall–Kier alpha value is -2.59. The van der Waals surface area contributed by atoms with E-state index in [-0.39, 0.29) is 5.56 Å². The minimum absolute atomic E-state index is 0.0256. The maximum atomic E-state index is 12.6. The summed E-state index contributed by atoms with van der Waals surface area (Å²) < 4.78 is 0. The zero-order valence-corrected chi connectivity index (χ0v) is 13.8. The maximum absolute atomic E-state index is 12.6. The van der Waals surface area contributed by atoms with Crippen LogP contribution in [0.2, 0.25) is 0 Å². The summed E-state index contributed by atoms with van der Waals surface area (Å²) in [6, 6.07) is 18.2. The van der Waals surface area contributed by atoms with E-state index in [0.717, 1.165) is 53.9 Å². The molecule has 24 heavy (non-hydrogen) atoms. The molecule has 1 fully saturated rings. The molecule has 3 aromatic rings. The highest BCUT2D eigenvalue weighted by Gasteiger charge is 2.15. The predicted molar refractivity (Wildman–Crippen MR) is 99.7 cm³/mol. The van der Waals surface area contributed by atoms with Crippen LogP contribution in [-0.2, 0) is 0 Å². The lowest BCUT2D eigenvalue weighted by Crippen LogP contribution is -2.44. The molecule has 1 aliphatic heterocycles. The highest BCUT2D eigenvalue weighted by atomic mass is 16.1. The highest BCUT2D eigenvalue weighted by molar-refractivity contribution is 5.88. The van der Waals surface area contributed by atoms with E-state index in [2.05, 4.69) is 40.0 Å². The number of piperazine rings is 1. The van der Waals surface area contributed by atoms with E-state index in [9.17, 15) is 4.79 Å². The summed E-state index contributed by atoms with van der Waals surface area (Å²) >= 11 is 0. The van der Waals surface area contributed by atoms with Crippen molar-refractivity contribution < 1.29 is 0 Å². The number of aromatic nitrogens is 1. The van der Waals surface area contributed by atoms with Gasteiger partial charge in [0.25, 0.3) is 5.56 Å². The summed E-state index contributed by atoms with van der Waals surface area (Å²) in [5.41, 5.74) is 3.00. The van der Waals surface area contributed by atoms with Crippen LogP contribution in [0.25, 0.3) is 22.0 Å². The Labute approximate surface area is 141 Å². The third-order valence-electron chi connectivity index (χ3n) is 4.78. The fourth-order valence-electron chi connectivity index (χ4n) is 3.28. The molecule has 0 spiro atoms. The molecule has 1 N–H and O–H groups in total. The number of hydrogen-bond acceptors (Lipinski definition) is 3. The number of benzene rings is 2. The summed E-state index contributed by atoms with van der Waals surface area (Å²) in [5.74, 6) is 0. The molecule has 0 bridgehead atoms. The topological polar surface area (TPSA) is 39.3 Å². The Balaban J connectivity index is 1.73. The summed E-state index contributed by atoms with van der Waals surface area (Å²) in [6.45, 7) is 4.12. The molecule has 122 valence electrons. The molecule has 4 nitrogen and oxygen atoms in total. The largest absolute Gasteiger partial charge is 0.369 e.